The van der Waals surface area contributed by atoms with Gasteiger partial charge in [0.05, 0.1) is 8.80 Å². The van der Waals surface area contributed by atoms with E-state index in [1.165, 1.54) is 5.57 Å². The summed E-state index contributed by atoms with van der Waals surface area (Å²) < 4.78 is 6.42. The quantitative estimate of drug-likeness (QED) is 0.541. The van der Waals surface area contributed by atoms with Gasteiger partial charge in [-0.25, -0.2) is 6.08 Å². The second-order valence-electron chi connectivity index (χ2n) is 5.67. The zero-order valence-electron chi connectivity index (χ0n) is 12.2. The Labute approximate surface area is 142 Å². The molecule has 1 aliphatic rings. The molecule has 0 radical (unpaired) electrons. The van der Waals surface area contributed by atoms with Crippen molar-refractivity contribution >= 4 is 41.9 Å². The van der Waals surface area contributed by atoms with Crippen LogP contribution in [0.1, 0.15) is 13.3 Å². The fourth-order valence-corrected chi connectivity index (χ4v) is 6.07. The maximum atomic E-state index is 6.42. The predicted octanol–water partition coefficient (Wildman–Crippen LogP) is 4.15. The van der Waals surface area contributed by atoms with Gasteiger partial charge in [-0.05, 0) is 26.6 Å². The van der Waals surface area contributed by atoms with E-state index in [2.05, 4.69) is 57.9 Å². The van der Waals surface area contributed by atoms with Gasteiger partial charge < -0.3 is 4.43 Å². The largest absolute Gasteiger partial charge is 0.415 e. The minimum absolute atomic E-state index is 0. The van der Waals surface area contributed by atoms with Crippen LogP contribution in [0.2, 0.25) is 32.7 Å². The fourth-order valence-electron chi connectivity index (χ4n) is 1.87. The molecule has 0 saturated carbocycles. The Morgan fingerprint density at radius 1 is 1.28 bits per heavy atom. The second-order valence-corrected chi connectivity index (χ2v) is 13.5. The number of allylic oxidation sites excluding steroid dienone is 2. The van der Waals surface area contributed by atoms with Crippen LogP contribution in [0.4, 0.5) is 0 Å². The summed E-state index contributed by atoms with van der Waals surface area (Å²) in [5.41, 5.74) is 1.30. The first-order chi connectivity index (χ1) is 6.76. The molecular weight excluding hydrogens is 335 g/mol. The van der Waals surface area contributed by atoms with Gasteiger partial charge in [-0.2, -0.15) is 11.6 Å². The summed E-state index contributed by atoms with van der Waals surface area (Å²) in [6, 6.07) is 0. The van der Waals surface area contributed by atoms with Gasteiger partial charge in [0.25, 0.3) is 0 Å². The van der Waals surface area contributed by atoms with Gasteiger partial charge in [0.2, 0.25) is 0 Å². The van der Waals surface area contributed by atoms with E-state index < -0.39 is 17.1 Å². The molecule has 1 unspecified atom stereocenters. The van der Waals surface area contributed by atoms with E-state index in [1.807, 2.05) is 0 Å². The van der Waals surface area contributed by atoms with E-state index in [9.17, 15) is 0 Å². The maximum Gasteiger partial charge on any atom is 0.184 e. The Hall–Kier alpha value is 1.17. The van der Waals surface area contributed by atoms with Crippen molar-refractivity contribution in [1.82, 2.24) is 0 Å². The molecule has 1 nitrogen and oxygen atoms in total. The molecule has 0 aromatic rings. The number of rotatable bonds is 4. The van der Waals surface area contributed by atoms with Gasteiger partial charge >= 0.3 is 0 Å². The van der Waals surface area contributed by atoms with E-state index in [4.69, 9.17) is 4.43 Å². The van der Waals surface area contributed by atoms with Gasteiger partial charge in [-0.3, -0.25) is 6.08 Å². The molecule has 1 rings (SSSR count). The molecule has 1 atom stereocenters. The van der Waals surface area contributed by atoms with Crippen LogP contribution in [0, 0.1) is 6.08 Å². The molecule has 0 aromatic carbocycles. The SMILES string of the molecule is C[SiH](C)C(C)(O[Si](C)(C)C)C1=[C-]CC=C1.Cl.Cl.[Ti]. The minimum Gasteiger partial charge on any atom is -0.415 e. The third-order valence-corrected chi connectivity index (χ3v) is 6.75. The average molecular weight is 360 g/mol. The Bertz CT molecular complexity index is 301. The van der Waals surface area contributed by atoms with E-state index in [1.54, 1.807) is 0 Å². The molecule has 18 heavy (non-hydrogen) atoms. The summed E-state index contributed by atoms with van der Waals surface area (Å²) in [7, 11) is -2.37. The molecule has 0 fully saturated rings. The Morgan fingerprint density at radius 2 is 1.78 bits per heavy atom. The predicted molar refractivity (Wildman–Crippen MR) is 86.7 cm³/mol. The minimum atomic E-state index is -1.48. The molecule has 1 aliphatic carbocycles. The van der Waals surface area contributed by atoms with Crippen LogP contribution in [0.3, 0.4) is 0 Å². The Kier molecular flexibility index (Phi) is 12.3. The van der Waals surface area contributed by atoms with Crippen LogP contribution in [0.5, 0.6) is 0 Å². The smallest absolute Gasteiger partial charge is 0.184 e. The van der Waals surface area contributed by atoms with Crippen molar-refractivity contribution < 1.29 is 26.1 Å². The number of hydrogen-bond donors (Lipinski definition) is 0. The van der Waals surface area contributed by atoms with Gasteiger partial charge in [-0.15, -0.1) is 31.2 Å². The zero-order chi connectivity index (χ0) is 11.7. The molecule has 0 bridgehead atoms. The summed E-state index contributed by atoms with van der Waals surface area (Å²) in [6.45, 7) is 13.8. The first-order valence-corrected chi connectivity index (χ1v) is 12.0. The molecule has 0 aromatic heterocycles. The van der Waals surface area contributed by atoms with Crippen LogP contribution in [-0.4, -0.2) is 22.3 Å². The maximum absolute atomic E-state index is 6.42. The first-order valence-electron chi connectivity index (χ1n) is 5.74. The molecular formula is C12H25Cl2OSi2Ti-. The van der Waals surface area contributed by atoms with Gasteiger partial charge in [0.1, 0.15) is 0 Å². The van der Waals surface area contributed by atoms with Crippen LogP contribution in [0.25, 0.3) is 0 Å². The molecule has 6 heteroatoms. The van der Waals surface area contributed by atoms with Gasteiger partial charge in [0, 0.05) is 26.9 Å². The van der Waals surface area contributed by atoms with Crippen molar-refractivity contribution in [2.24, 2.45) is 0 Å². The van der Waals surface area contributed by atoms with Crippen molar-refractivity contribution in [2.45, 2.75) is 51.3 Å². The molecule has 0 spiro atoms. The third-order valence-electron chi connectivity index (χ3n) is 2.85. The van der Waals surface area contributed by atoms with Crippen LogP contribution >= 0.6 is 24.8 Å². The first kappa shape index (κ1) is 24.2. The Balaban J connectivity index is -0.000000750. The summed E-state index contributed by atoms with van der Waals surface area (Å²) in [6.07, 6.45) is 8.78. The summed E-state index contributed by atoms with van der Waals surface area (Å²) in [5, 5.41) is -0.0164. The van der Waals surface area contributed by atoms with Crippen LogP contribution in [0.15, 0.2) is 17.7 Å². The molecule has 0 heterocycles. The van der Waals surface area contributed by atoms with E-state index in [-0.39, 0.29) is 51.8 Å². The number of halogens is 2. The average Bonchev–Trinajstić information content (AvgIpc) is 2.51. The summed E-state index contributed by atoms with van der Waals surface area (Å²) >= 11 is 0. The van der Waals surface area contributed by atoms with Crippen molar-refractivity contribution in [3.05, 3.63) is 23.8 Å². The van der Waals surface area contributed by atoms with Crippen molar-refractivity contribution in [1.29, 1.82) is 0 Å². The van der Waals surface area contributed by atoms with Crippen LogP contribution in [-0.2, 0) is 26.1 Å². The molecule has 106 valence electrons. The Morgan fingerprint density at radius 3 is 2.06 bits per heavy atom. The summed E-state index contributed by atoms with van der Waals surface area (Å²) in [4.78, 5) is 0. The zero-order valence-corrected chi connectivity index (χ0v) is 17.5. The van der Waals surface area contributed by atoms with Gasteiger partial charge in [0.15, 0.2) is 8.32 Å². The van der Waals surface area contributed by atoms with E-state index in [0.29, 0.717) is 0 Å². The molecule has 0 saturated heterocycles. The van der Waals surface area contributed by atoms with E-state index in [0.717, 1.165) is 6.42 Å². The van der Waals surface area contributed by atoms with Crippen molar-refractivity contribution in [3.63, 3.8) is 0 Å². The second kappa shape index (κ2) is 9.17. The van der Waals surface area contributed by atoms with Crippen molar-refractivity contribution in [2.75, 3.05) is 0 Å². The third kappa shape index (κ3) is 6.55. The van der Waals surface area contributed by atoms with E-state index >= 15 is 0 Å². The van der Waals surface area contributed by atoms with Crippen LogP contribution < -0.4 is 0 Å². The monoisotopic (exact) mass is 359 g/mol. The van der Waals surface area contributed by atoms with Crippen molar-refractivity contribution in [3.8, 4) is 0 Å². The molecule has 0 N–H and O–H groups in total. The molecule has 0 amide bonds. The number of hydrogen-bond acceptors (Lipinski definition) is 1. The topological polar surface area (TPSA) is 9.23 Å². The normalized spacial score (nSPS) is 17.2. The standard InChI is InChI=1S/C12H23OSi2.2ClH.Ti/c1-12(14(2)3,13-15(4,5)6)11-9-7-8-10-11;;;/h7,9,14H,8H2,1-6H3;2*1H;/q-1;;;. The fraction of sp³-hybridized carbons (Fsp3) is 0.667. The summed E-state index contributed by atoms with van der Waals surface area (Å²) in [5.74, 6) is 0. The van der Waals surface area contributed by atoms with Gasteiger partial charge in [-0.1, -0.05) is 13.1 Å². The molecule has 0 aliphatic heterocycles.